The second-order valence-electron chi connectivity index (χ2n) is 8.53. The zero-order valence-electron chi connectivity index (χ0n) is 18.6. The topological polar surface area (TPSA) is 163 Å². The lowest BCUT2D eigenvalue weighted by Crippen LogP contribution is -2.60. The van der Waals surface area contributed by atoms with Crippen molar-refractivity contribution in [3.05, 3.63) is 95.1 Å². The maximum atomic E-state index is 12.8. The molecule has 0 aromatic heterocycles. The molecule has 0 radical (unpaired) electrons. The van der Waals surface area contributed by atoms with Gasteiger partial charge in [0.05, 0.1) is 5.56 Å². The number of carbonyl (C=O) groups is 2. The number of ether oxygens (including phenoxy) is 3. The summed E-state index contributed by atoms with van der Waals surface area (Å²) in [4.78, 5) is 25.3. The summed E-state index contributed by atoms with van der Waals surface area (Å²) in [5, 5.41) is 48.9. The number of aliphatic hydroxyl groups excluding tert-OH is 4. The molecule has 10 heteroatoms. The van der Waals surface area contributed by atoms with Crippen LogP contribution in [0.1, 0.15) is 27.0 Å². The van der Waals surface area contributed by atoms with Crippen molar-refractivity contribution in [2.75, 3.05) is 0 Å². The van der Waals surface area contributed by atoms with Crippen LogP contribution >= 0.6 is 0 Å². The highest BCUT2D eigenvalue weighted by molar-refractivity contribution is 5.96. The van der Waals surface area contributed by atoms with Crippen molar-refractivity contribution >= 4 is 11.9 Å². The van der Waals surface area contributed by atoms with Gasteiger partial charge in [-0.15, -0.1) is 0 Å². The number of esters is 2. The maximum Gasteiger partial charge on any atom is 0.343 e. The lowest BCUT2D eigenvalue weighted by atomic mass is 9.80. The molecule has 1 saturated heterocycles. The Kier molecular flexibility index (Phi) is 5.99. The SMILES string of the molecule is O=C1OC(c2ccc(O)cc2)(c2ccc(OC(=O)[C@H]3O[C@@H](O)[C@H](O)[C@@H](O)[C@@H]3O)cc2)c2ccccc21. The number of cyclic esters (lactones) is 1. The quantitative estimate of drug-likeness (QED) is 0.256. The molecule has 0 aliphatic carbocycles. The minimum Gasteiger partial charge on any atom is -0.508 e. The highest BCUT2D eigenvalue weighted by atomic mass is 16.7. The number of phenols is 1. The van der Waals surface area contributed by atoms with Crippen LogP contribution in [0.15, 0.2) is 72.8 Å². The van der Waals surface area contributed by atoms with E-state index in [1.807, 2.05) is 0 Å². The number of fused-ring (bicyclic) bond motifs is 1. The summed E-state index contributed by atoms with van der Waals surface area (Å²) in [6.45, 7) is 0. The van der Waals surface area contributed by atoms with E-state index in [1.54, 1.807) is 48.5 Å². The molecule has 6 atom stereocenters. The molecule has 2 aliphatic heterocycles. The third kappa shape index (κ3) is 3.81. The molecule has 2 heterocycles. The standard InChI is InChI=1S/C26H22O10/c27-15-9-5-13(6-10-15)26(18-4-2-1-3-17(18)23(31)36-26)14-7-11-16(12-8-14)34-25(33)22-20(29)19(28)21(30)24(32)35-22/h1-12,19-22,24,27-30,32H/t19-,20-,21+,22-,24+,26?/m0/s1. The van der Waals surface area contributed by atoms with Crippen molar-refractivity contribution in [1.29, 1.82) is 0 Å². The molecule has 0 saturated carbocycles. The fourth-order valence-corrected chi connectivity index (χ4v) is 4.50. The van der Waals surface area contributed by atoms with E-state index in [0.29, 0.717) is 22.3 Å². The summed E-state index contributed by atoms with van der Waals surface area (Å²) in [6, 6.07) is 19.3. The number of hydrogen-bond donors (Lipinski definition) is 5. The summed E-state index contributed by atoms with van der Waals surface area (Å²) < 4.78 is 16.1. The van der Waals surface area contributed by atoms with Gasteiger partial charge >= 0.3 is 11.9 Å². The number of aliphatic hydroxyl groups is 4. The molecule has 3 aromatic rings. The first-order chi connectivity index (χ1) is 17.2. The van der Waals surface area contributed by atoms with Crippen LogP contribution in [0.3, 0.4) is 0 Å². The Morgan fingerprint density at radius 3 is 2.08 bits per heavy atom. The van der Waals surface area contributed by atoms with Gasteiger partial charge < -0.3 is 39.7 Å². The van der Waals surface area contributed by atoms with Crippen LogP contribution in [0.4, 0.5) is 0 Å². The molecular formula is C26H22O10. The van der Waals surface area contributed by atoms with Crippen molar-refractivity contribution in [3.63, 3.8) is 0 Å². The summed E-state index contributed by atoms with van der Waals surface area (Å²) in [5.41, 5.74) is 0.795. The van der Waals surface area contributed by atoms with Gasteiger partial charge in [0, 0.05) is 16.7 Å². The third-order valence-electron chi connectivity index (χ3n) is 6.35. The molecule has 5 N–H and O–H groups in total. The summed E-state index contributed by atoms with van der Waals surface area (Å²) in [7, 11) is 0. The van der Waals surface area contributed by atoms with Gasteiger partial charge in [-0.3, -0.25) is 0 Å². The van der Waals surface area contributed by atoms with Crippen molar-refractivity contribution in [2.24, 2.45) is 0 Å². The summed E-state index contributed by atoms with van der Waals surface area (Å²) in [5.74, 6) is -1.51. The molecule has 0 bridgehead atoms. The van der Waals surface area contributed by atoms with Crippen LogP contribution in [-0.4, -0.2) is 68.2 Å². The van der Waals surface area contributed by atoms with E-state index < -0.39 is 48.2 Å². The Hall–Kier alpha value is -3.80. The lowest BCUT2D eigenvalue weighted by Gasteiger charge is -2.36. The molecule has 1 fully saturated rings. The number of aromatic hydroxyl groups is 1. The first-order valence-corrected chi connectivity index (χ1v) is 11.0. The largest absolute Gasteiger partial charge is 0.508 e. The molecule has 36 heavy (non-hydrogen) atoms. The van der Waals surface area contributed by atoms with E-state index in [1.165, 1.54) is 24.3 Å². The zero-order chi connectivity index (χ0) is 25.6. The van der Waals surface area contributed by atoms with Crippen molar-refractivity contribution < 1.29 is 49.3 Å². The molecule has 0 spiro atoms. The second-order valence-corrected chi connectivity index (χ2v) is 8.53. The molecule has 3 aromatic carbocycles. The highest BCUT2D eigenvalue weighted by Gasteiger charge is 2.49. The average molecular weight is 494 g/mol. The van der Waals surface area contributed by atoms with Crippen molar-refractivity contribution in [3.8, 4) is 11.5 Å². The van der Waals surface area contributed by atoms with Gasteiger partial charge in [-0.2, -0.15) is 0 Å². The van der Waals surface area contributed by atoms with E-state index in [-0.39, 0.29) is 11.5 Å². The van der Waals surface area contributed by atoms with Gasteiger partial charge in [0.1, 0.15) is 29.8 Å². The Balaban J connectivity index is 1.47. The predicted molar refractivity (Wildman–Crippen MR) is 121 cm³/mol. The van der Waals surface area contributed by atoms with E-state index in [0.717, 1.165) is 0 Å². The Morgan fingerprint density at radius 2 is 1.42 bits per heavy atom. The number of phenolic OH excluding ortho intramolecular Hbond substituents is 1. The van der Waals surface area contributed by atoms with Crippen LogP contribution in [0.2, 0.25) is 0 Å². The molecular weight excluding hydrogens is 472 g/mol. The molecule has 10 nitrogen and oxygen atoms in total. The van der Waals surface area contributed by atoms with Crippen LogP contribution < -0.4 is 4.74 Å². The van der Waals surface area contributed by atoms with E-state index in [9.17, 15) is 35.1 Å². The molecule has 186 valence electrons. The fraction of sp³-hybridized carbons (Fsp3) is 0.231. The van der Waals surface area contributed by atoms with Crippen LogP contribution in [0, 0.1) is 0 Å². The van der Waals surface area contributed by atoms with Gasteiger partial charge in [0.2, 0.25) is 0 Å². The van der Waals surface area contributed by atoms with E-state index >= 15 is 0 Å². The van der Waals surface area contributed by atoms with Gasteiger partial charge in [0.25, 0.3) is 0 Å². The first kappa shape index (κ1) is 23.9. The smallest absolute Gasteiger partial charge is 0.343 e. The minimum atomic E-state index is -1.88. The van der Waals surface area contributed by atoms with Crippen LogP contribution in [-0.2, 0) is 19.9 Å². The maximum absolute atomic E-state index is 12.8. The van der Waals surface area contributed by atoms with Crippen LogP contribution in [0.25, 0.3) is 0 Å². The van der Waals surface area contributed by atoms with Gasteiger partial charge in [-0.1, -0.05) is 42.5 Å². The summed E-state index contributed by atoms with van der Waals surface area (Å²) >= 11 is 0. The Morgan fingerprint density at radius 1 is 0.806 bits per heavy atom. The monoisotopic (exact) mass is 494 g/mol. The summed E-state index contributed by atoms with van der Waals surface area (Å²) in [6.07, 6.45) is -9.02. The van der Waals surface area contributed by atoms with Crippen molar-refractivity contribution in [1.82, 2.24) is 0 Å². The average Bonchev–Trinajstić information content (AvgIpc) is 3.19. The molecule has 0 amide bonds. The molecule has 1 unspecified atom stereocenters. The minimum absolute atomic E-state index is 0.0450. The zero-order valence-corrected chi connectivity index (χ0v) is 18.6. The second kappa shape index (κ2) is 9.01. The van der Waals surface area contributed by atoms with Gasteiger partial charge in [-0.25, -0.2) is 9.59 Å². The Bertz CT molecular complexity index is 1290. The van der Waals surface area contributed by atoms with Crippen molar-refractivity contribution in [2.45, 2.75) is 36.3 Å². The van der Waals surface area contributed by atoms with Gasteiger partial charge in [-0.05, 0) is 30.3 Å². The number of rotatable bonds is 4. The third-order valence-corrected chi connectivity index (χ3v) is 6.35. The molecule has 2 aliphatic rings. The number of benzene rings is 3. The Labute approximate surface area is 204 Å². The van der Waals surface area contributed by atoms with Crippen LogP contribution in [0.5, 0.6) is 11.5 Å². The number of hydrogen-bond acceptors (Lipinski definition) is 10. The van der Waals surface area contributed by atoms with Gasteiger partial charge in [0.15, 0.2) is 18.0 Å². The normalized spacial score (nSPS) is 29.3. The fourth-order valence-electron chi connectivity index (χ4n) is 4.50. The predicted octanol–water partition coefficient (Wildman–Crippen LogP) is 0.560. The molecule has 5 rings (SSSR count). The van der Waals surface area contributed by atoms with E-state index in [2.05, 4.69) is 0 Å². The number of carbonyl (C=O) groups excluding carboxylic acids is 2. The first-order valence-electron chi connectivity index (χ1n) is 11.0. The lowest BCUT2D eigenvalue weighted by molar-refractivity contribution is -0.279. The van der Waals surface area contributed by atoms with E-state index in [4.69, 9.17) is 14.2 Å². The highest BCUT2D eigenvalue weighted by Crippen LogP contribution is 2.47.